The zero-order valence-corrected chi connectivity index (χ0v) is 18.2. The van der Waals surface area contributed by atoms with Crippen molar-refractivity contribution in [1.29, 1.82) is 0 Å². The Labute approximate surface area is 186 Å². The van der Waals surface area contributed by atoms with Crippen molar-refractivity contribution in [1.82, 2.24) is 19.5 Å². The molecule has 2 fully saturated rings. The predicted molar refractivity (Wildman–Crippen MR) is 111 cm³/mol. The summed E-state index contributed by atoms with van der Waals surface area (Å²) in [6.07, 6.45) is -2.63. The van der Waals surface area contributed by atoms with E-state index in [1.165, 1.54) is 21.9 Å². The molecule has 3 aromatic rings. The van der Waals surface area contributed by atoms with Gasteiger partial charge < -0.3 is 14.6 Å². The predicted octanol–water partition coefficient (Wildman–Crippen LogP) is 4.01. The lowest BCUT2D eigenvalue weighted by Crippen LogP contribution is -2.46. The summed E-state index contributed by atoms with van der Waals surface area (Å²) >= 11 is 1.25. The molecule has 2 aliphatic rings. The summed E-state index contributed by atoms with van der Waals surface area (Å²) in [7, 11) is 0. The van der Waals surface area contributed by atoms with Crippen LogP contribution in [-0.4, -0.2) is 56.7 Å². The number of alkyl halides is 3. The highest BCUT2D eigenvalue weighted by molar-refractivity contribution is 7.17. The number of benzene rings is 1. The summed E-state index contributed by atoms with van der Waals surface area (Å²) < 4.78 is 53.3. The molecule has 2 aromatic heterocycles. The standard InChI is InChI=1S/C21H23F3N4O3S/c1-2-15-25-19-28(26-15)18(29)17(32-19)16(13-4-3-5-14(12-13)21(22,23)24)27-8-6-20(7-9-27)30-10-11-31-20/h3-5,12,16,29H,2,6-11H2,1H3. The summed E-state index contributed by atoms with van der Waals surface area (Å²) in [6, 6.07) is 4.71. The number of hydrogen-bond donors (Lipinski definition) is 1. The molecule has 1 N–H and O–H groups in total. The normalized spacial score (nSPS) is 20.4. The Morgan fingerprint density at radius 2 is 1.94 bits per heavy atom. The Kier molecular flexibility index (Phi) is 5.39. The summed E-state index contributed by atoms with van der Waals surface area (Å²) in [5.41, 5.74) is -0.261. The number of nitrogens with zero attached hydrogens (tertiary/aromatic N) is 4. The van der Waals surface area contributed by atoms with Crippen LogP contribution in [0, 0.1) is 0 Å². The second-order valence-electron chi connectivity index (χ2n) is 8.04. The molecule has 7 nitrogen and oxygen atoms in total. The van der Waals surface area contributed by atoms with Crippen molar-refractivity contribution in [3.8, 4) is 5.88 Å². The van der Waals surface area contributed by atoms with Crippen LogP contribution in [0.5, 0.6) is 5.88 Å². The van der Waals surface area contributed by atoms with Crippen molar-refractivity contribution in [3.63, 3.8) is 0 Å². The van der Waals surface area contributed by atoms with Crippen LogP contribution in [0.3, 0.4) is 0 Å². The minimum Gasteiger partial charge on any atom is -0.492 e. The zero-order chi connectivity index (χ0) is 22.5. The molecule has 1 atom stereocenters. The fourth-order valence-corrected chi connectivity index (χ4v) is 5.58. The van der Waals surface area contributed by atoms with E-state index in [1.54, 1.807) is 6.07 Å². The van der Waals surface area contributed by atoms with Crippen molar-refractivity contribution in [2.75, 3.05) is 26.3 Å². The van der Waals surface area contributed by atoms with Gasteiger partial charge >= 0.3 is 6.18 Å². The average Bonchev–Trinajstić information content (AvgIpc) is 3.47. The first-order valence-electron chi connectivity index (χ1n) is 10.6. The van der Waals surface area contributed by atoms with E-state index in [2.05, 4.69) is 15.0 Å². The van der Waals surface area contributed by atoms with Crippen LogP contribution in [0.25, 0.3) is 4.96 Å². The van der Waals surface area contributed by atoms with Gasteiger partial charge in [0.2, 0.25) is 10.8 Å². The number of aryl methyl sites for hydroxylation is 1. The number of rotatable bonds is 4. The van der Waals surface area contributed by atoms with Gasteiger partial charge in [0.15, 0.2) is 11.6 Å². The molecule has 4 heterocycles. The molecule has 1 aromatic carbocycles. The molecule has 172 valence electrons. The Morgan fingerprint density at radius 3 is 2.56 bits per heavy atom. The van der Waals surface area contributed by atoms with Crippen molar-refractivity contribution in [2.24, 2.45) is 0 Å². The maximum atomic E-state index is 13.4. The number of fused-ring (bicyclic) bond motifs is 1. The maximum absolute atomic E-state index is 13.4. The fraction of sp³-hybridized carbons (Fsp3) is 0.524. The molecule has 0 radical (unpaired) electrons. The molecule has 32 heavy (non-hydrogen) atoms. The van der Waals surface area contributed by atoms with E-state index in [0.717, 1.165) is 12.1 Å². The van der Waals surface area contributed by atoms with E-state index in [0.29, 0.717) is 66.8 Å². The van der Waals surface area contributed by atoms with Crippen LogP contribution in [-0.2, 0) is 22.1 Å². The lowest BCUT2D eigenvalue weighted by atomic mass is 9.96. The van der Waals surface area contributed by atoms with E-state index < -0.39 is 23.6 Å². The molecule has 5 rings (SSSR count). The monoisotopic (exact) mass is 468 g/mol. The van der Waals surface area contributed by atoms with E-state index >= 15 is 0 Å². The number of aromatic hydroxyl groups is 1. The van der Waals surface area contributed by atoms with Crippen LogP contribution < -0.4 is 0 Å². The van der Waals surface area contributed by atoms with E-state index in [9.17, 15) is 18.3 Å². The van der Waals surface area contributed by atoms with Crippen LogP contribution in [0.2, 0.25) is 0 Å². The Hall–Kier alpha value is -2.21. The summed E-state index contributed by atoms with van der Waals surface area (Å²) in [5.74, 6) is -0.101. The number of ether oxygens (including phenoxy) is 2. The molecule has 0 saturated carbocycles. The molecular weight excluding hydrogens is 445 g/mol. The highest BCUT2D eigenvalue weighted by atomic mass is 32.1. The van der Waals surface area contributed by atoms with Gasteiger partial charge in [0.05, 0.1) is 29.7 Å². The summed E-state index contributed by atoms with van der Waals surface area (Å²) in [6.45, 7) is 4.11. The van der Waals surface area contributed by atoms with Crippen LogP contribution >= 0.6 is 11.3 Å². The third-order valence-electron chi connectivity index (χ3n) is 6.08. The van der Waals surface area contributed by atoms with Gasteiger partial charge in [0.25, 0.3) is 0 Å². The minimum atomic E-state index is -4.46. The number of aromatic nitrogens is 3. The molecule has 1 unspecified atom stereocenters. The molecule has 0 aliphatic carbocycles. The molecule has 0 amide bonds. The number of likely N-dealkylation sites (tertiary alicyclic amines) is 1. The fourth-order valence-electron chi connectivity index (χ4n) is 4.44. The topological polar surface area (TPSA) is 72.1 Å². The Bertz CT molecular complexity index is 1110. The van der Waals surface area contributed by atoms with Gasteiger partial charge in [-0.05, 0) is 17.7 Å². The lowest BCUT2D eigenvalue weighted by Gasteiger charge is -2.41. The van der Waals surface area contributed by atoms with Crippen LogP contribution in [0.4, 0.5) is 13.2 Å². The quantitative estimate of drug-likeness (QED) is 0.624. The minimum absolute atomic E-state index is 0.0896. The third-order valence-corrected chi connectivity index (χ3v) is 7.15. The number of piperidine rings is 1. The largest absolute Gasteiger partial charge is 0.492 e. The van der Waals surface area contributed by atoms with Crippen molar-refractivity contribution >= 4 is 16.3 Å². The van der Waals surface area contributed by atoms with Gasteiger partial charge in [-0.1, -0.05) is 30.4 Å². The van der Waals surface area contributed by atoms with Gasteiger partial charge in [-0.3, -0.25) is 4.90 Å². The number of hydrogen-bond acceptors (Lipinski definition) is 7. The van der Waals surface area contributed by atoms with Gasteiger partial charge in [0.1, 0.15) is 0 Å². The first-order chi connectivity index (χ1) is 15.3. The molecular formula is C21H23F3N4O3S. The summed E-state index contributed by atoms with van der Waals surface area (Å²) in [4.78, 5) is 7.52. The molecule has 0 bridgehead atoms. The van der Waals surface area contributed by atoms with Crippen molar-refractivity contribution in [2.45, 2.75) is 44.2 Å². The lowest BCUT2D eigenvalue weighted by molar-refractivity contribution is -0.187. The SMILES string of the molecule is CCc1nc2sc(C(c3cccc(C(F)(F)F)c3)N3CCC4(CC3)OCCO4)c(O)n2n1. The molecule has 2 saturated heterocycles. The molecule has 11 heteroatoms. The van der Waals surface area contributed by atoms with E-state index in [4.69, 9.17) is 9.47 Å². The molecule has 1 spiro atoms. The van der Waals surface area contributed by atoms with E-state index in [1.807, 2.05) is 6.92 Å². The van der Waals surface area contributed by atoms with Gasteiger partial charge in [-0.25, -0.2) is 4.98 Å². The van der Waals surface area contributed by atoms with E-state index in [-0.39, 0.29) is 5.88 Å². The second kappa shape index (κ2) is 7.98. The Balaban J connectivity index is 1.55. The van der Waals surface area contributed by atoms with Crippen LogP contribution in [0.15, 0.2) is 24.3 Å². The maximum Gasteiger partial charge on any atom is 0.416 e. The highest BCUT2D eigenvalue weighted by Crippen LogP contribution is 2.44. The van der Waals surface area contributed by atoms with Gasteiger partial charge in [-0.15, -0.1) is 5.10 Å². The average molecular weight is 469 g/mol. The number of halogens is 3. The highest BCUT2D eigenvalue weighted by Gasteiger charge is 2.43. The zero-order valence-electron chi connectivity index (χ0n) is 17.4. The first kappa shape index (κ1) is 21.6. The van der Waals surface area contributed by atoms with Crippen molar-refractivity contribution in [3.05, 3.63) is 46.1 Å². The van der Waals surface area contributed by atoms with Gasteiger partial charge in [0, 0.05) is 32.4 Å². The summed E-state index contributed by atoms with van der Waals surface area (Å²) in [5, 5.41) is 15.3. The number of thiazole rings is 1. The Morgan fingerprint density at radius 1 is 1.22 bits per heavy atom. The van der Waals surface area contributed by atoms with Crippen molar-refractivity contribution < 1.29 is 27.8 Å². The second-order valence-corrected chi connectivity index (χ2v) is 9.04. The third kappa shape index (κ3) is 3.76. The first-order valence-corrected chi connectivity index (χ1v) is 11.4. The molecule has 2 aliphatic heterocycles. The smallest absolute Gasteiger partial charge is 0.416 e. The van der Waals surface area contributed by atoms with Crippen LogP contribution in [0.1, 0.15) is 47.6 Å². The van der Waals surface area contributed by atoms with Gasteiger partial charge in [-0.2, -0.15) is 17.7 Å².